The van der Waals surface area contributed by atoms with Crippen LogP contribution in [0.15, 0.2) is 18.2 Å². The lowest BCUT2D eigenvalue weighted by Gasteiger charge is -2.10. The molecule has 0 aliphatic rings. The van der Waals surface area contributed by atoms with Crippen LogP contribution in [0.25, 0.3) is 0 Å². The first-order valence-electron chi connectivity index (χ1n) is 8.26. The number of carbonyl (C=O) groups is 1. The van der Waals surface area contributed by atoms with Crippen LogP contribution in [-0.2, 0) is 16.0 Å². The van der Waals surface area contributed by atoms with Gasteiger partial charge < -0.3 is 19.5 Å². The molecule has 0 fully saturated rings. The minimum atomic E-state index is 0.0633. The van der Waals surface area contributed by atoms with Gasteiger partial charge in [0.15, 0.2) is 11.5 Å². The van der Waals surface area contributed by atoms with Crippen LogP contribution in [0.5, 0.6) is 11.5 Å². The van der Waals surface area contributed by atoms with Gasteiger partial charge in [0, 0.05) is 26.2 Å². The Morgan fingerprint density at radius 2 is 1.83 bits per heavy atom. The number of hydrogen-bond acceptors (Lipinski definition) is 4. The monoisotopic (exact) mass is 323 g/mol. The summed E-state index contributed by atoms with van der Waals surface area (Å²) in [6, 6.07) is 5.73. The highest BCUT2D eigenvalue weighted by Crippen LogP contribution is 2.27. The summed E-state index contributed by atoms with van der Waals surface area (Å²) in [5.41, 5.74) is 1.06. The summed E-state index contributed by atoms with van der Waals surface area (Å²) in [6.07, 6.45) is 4.24. The van der Waals surface area contributed by atoms with Gasteiger partial charge in [-0.05, 0) is 37.0 Å². The standard InChI is InChI=1S/C18H29NO4/c1-4-5-12-23-13-6-11-19-18(20)10-8-15-7-9-16(21-2)17(14-15)22-3/h7,9,14H,4-6,8,10-13H2,1-3H3,(H,19,20). The number of hydrogen-bond donors (Lipinski definition) is 1. The first-order chi connectivity index (χ1) is 11.2. The molecule has 1 aromatic rings. The number of amides is 1. The smallest absolute Gasteiger partial charge is 0.220 e. The fraction of sp³-hybridized carbons (Fsp3) is 0.611. The van der Waals surface area contributed by atoms with Crippen LogP contribution in [0.2, 0.25) is 0 Å². The largest absolute Gasteiger partial charge is 0.493 e. The zero-order chi connectivity index (χ0) is 16.9. The van der Waals surface area contributed by atoms with Crippen molar-refractivity contribution in [3.63, 3.8) is 0 Å². The minimum Gasteiger partial charge on any atom is -0.493 e. The lowest BCUT2D eigenvalue weighted by Crippen LogP contribution is -2.25. The Balaban J connectivity index is 2.20. The summed E-state index contributed by atoms with van der Waals surface area (Å²) < 4.78 is 15.9. The molecule has 5 heteroatoms. The lowest BCUT2D eigenvalue weighted by molar-refractivity contribution is -0.121. The minimum absolute atomic E-state index is 0.0633. The molecule has 23 heavy (non-hydrogen) atoms. The highest BCUT2D eigenvalue weighted by Gasteiger charge is 2.06. The van der Waals surface area contributed by atoms with Crippen molar-refractivity contribution in [3.8, 4) is 11.5 Å². The van der Waals surface area contributed by atoms with Gasteiger partial charge in [0.25, 0.3) is 0 Å². The maximum absolute atomic E-state index is 11.8. The summed E-state index contributed by atoms with van der Waals surface area (Å²) in [6.45, 7) is 4.32. The Labute approximate surface area is 139 Å². The second-order valence-electron chi connectivity index (χ2n) is 5.36. The Morgan fingerprint density at radius 1 is 1.09 bits per heavy atom. The third kappa shape index (κ3) is 7.88. The van der Waals surface area contributed by atoms with Gasteiger partial charge in [0.2, 0.25) is 5.91 Å². The Morgan fingerprint density at radius 3 is 2.52 bits per heavy atom. The summed E-state index contributed by atoms with van der Waals surface area (Å²) in [5, 5.41) is 2.92. The number of rotatable bonds is 12. The number of nitrogens with one attached hydrogen (secondary N) is 1. The molecule has 0 aliphatic carbocycles. The van der Waals surface area contributed by atoms with Crippen LogP contribution in [-0.4, -0.2) is 39.9 Å². The van der Waals surface area contributed by atoms with Crippen LogP contribution in [0.4, 0.5) is 0 Å². The first-order valence-corrected chi connectivity index (χ1v) is 8.26. The maximum atomic E-state index is 11.8. The molecule has 1 rings (SSSR count). The molecule has 0 bridgehead atoms. The molecule has 5 nitrogen and oxygen atoms in total. The Kier molecular flexibility index (Phi) is 9.87. The molecule has 1 aromatic carbocycles. The molecule has 0 saturated carbocycles. The Bertz CT molecular complexity index is 462. The third-order valence-corrected chi connectivity index (χ3v) is 3.52. The number of carbonyl (C=O) groups excluding carboxylic acids is 1. The molecule has 0 spiro atoms. The molecule has 1 amide bonds. The molecule has 0 radical (unpaired) electrons. The van der Waals surface area contributed by atoms with E-state index >= 15 is 0 Å². The number of unbranched alkanes of at least 4 members (excludes halogenated alkanes) is 1. The average Bonchev–Trinajstić information content (AvgIpc) is 2.58. The third-order valence-electron chi connectivity index (χ3n) is 3.52. The van der Waals surface area contributed by atoms with Gasteiger partial charge in [0.05, 0.1) is 14.2 Å². The van der Waals surface area contributed by atoms with Gasteiger partial charge in [-0.1, -0.05) is 19.4 Å². The van der Waals surface area contributed by atoms with Crippen molar-refractivity contribution in [1.82, 2.24) is 5.32 Å². The predicted molar refractivity (Wildman–Crippen MR) is 91.2 cm³/mol. The SMILES string of the molecule is CCCCOCCCNC(=O)CCc1ccc(OC)c(OC)c1. The van der Waals surface area contributed by atoms with Crippen LogP contribution in [0.1, 0.15) is 38.2 Å². The molecule has 0 aliphatic heterocycles. The van der Waals surface area contributed by atoms with Gasteiger partial charge in [-0.25, -0.2) is 0 Å². The maximum Gasteiger partial charge on any atom is 0.220 e. The van der Waals surface area contributed by atoms with Gasteiger partial charge in [0.1, 0.15) is 0 Å². The number of benzene rings is 1. The van der Waals surface area contributed by atoms with Crippen LogP contribution in [0, 0.1) is 0 Å². The van der Waals surface area contributed by atoms with Gasteiger partial charge in [-0.3, -0.25) is 4.79 Å². The van der Waals surface area contributed by atoms with E-state index in [9.17, 15) is 4.79 Å². The van der Waals surface area contributed by atoms with Crippen LogP contribution >= 0.6 is 0 Å². The molecule has 130 valence electrons. The van der Waals surface area contributed by atoms with E-state index in [1.54, 1.807) is 14.2 Å². The molecule has 0 aromatic heterocycles. The zero-order valence-corrected chi connectivity index (χ0v) is 14.5. The van der Waals surface area contributed by atoms with Crippen molar-refractivity contribution in [2.75, 3.05) is 34.0 Å². The highest BCUT2D eigenvalue weighted by molar-refractivity contribution is 5.76. The Hall–Kier alpha value is -1.75. The quantitative estimate of drug-likeness (QED) is 0.601. The zero-order valence-electron chi connectivity index (χ0n) is 14.5. The van der Waals surface area contributed by atoms with E-state index in [0.29, 0.717) is 37.5 Å². The van der Waals surface area contributed by atoms with Gasteiger partial charge >= 0.3 is 0 Å². The highest BCUT2D eigenvalue weighted by atomic mass is 16.5. The summed E-state index contributed by atoms with van der Waals surface area (Å²) in [4.78, 5) is 11.8. The first kappa shape index (κ1) is 19.3. The molecule has 0 saturated heterocycles. The second-order valence-corrected chi connectivity index (χ2v) is 5.36. The molecule has 0 heterocycles. The summed E-state index contributed by atoms with van der Waals surface area (Å²) in [5.74, 6) is 1.45. The van der Waals surface area contributed by atoms with Crippen molar-refractivity contribution in [2.24, 2.45) is 0 Å². The van der Waals surface area contributed by atoms with E-state index in [-0.39, 0.29) is 5.91 Å². The lowest BCUT2D eigenvalue weighted by atomic mass is 10.1. The van der Waals surface area contributed by atoms with Gasteiger partial charge in [-0.15, -0.1) is 0 Å². The molecular formula is C18H29NO4. The fourth-order valence-corrected chi connectivity index (χ4v) is 2.13. The number of ether oxygens (including phenoxy) is 3. The van der Waals surface area contributed by atoms with E-state index in [1.165, 1.54) is 0 Å². The molecule has 0 unspecified atom stereocenters. The van der Waals surface area contributed by atoms with Crippen LogP contribution < -0.4 is 14.8 Å². The molecule has 1 N–H and O–H groups in total. The average molecular weight is 323 g/mol. The van der Waals surface area contributed by atoms with Crippen molar-refractivity contribution in [1.29, 1.82) is 0 Å². The van der Waals surface area contributed by atoms with Crippen LogP contribution in [0.3, 0.4) is 0 Å². The van der Waals surface area contributed by atoms with Crippen molar-refractivity contribution < 1.29 is 19.0 Å². The van der Waals surface area contributed by atoms with E-state index in [4.69, 9.17) is 14.2 Å². The second kappa shape index (κ2) is 11.8. The summed E-state index contributed by atoms with van der Waals surface area (Å²) >= 11 is 0. The number of aryl methyl sites for hydroxylation is 1. The normalized spacial score (nSPS) is 10.4. The van der Waals surface area contributed by atoms with Crippen molar-refractivity contribution >= 4 is 5.91 Å². The summed E-state index contributed by atoms with van der Waals surface area (Å²) in [7, 11) is 3.22. The number of methoxy groups -OCH3 is 2. The van der Waals surface area contributed by atoms with E-state index < -0.39 is 0 Å². The van der Waals surface area contributed by atoms with E-state index in [0.717, 1.165) is 31.4 Å². The predicted octanol–water partition coefficient (Wildman–Crippen LogP) is 2.96. The van der Waals surface area contributed by atoms with E-state index in [1.807, 2.05) is 18.2 Å². The fourth-order valence-electron chi connectivity index (χ4n) is 2.13. The van der Waals surface area contributed by atoms with E-state index in [2.05, 4.69) is 12.2 Å². The molecule has 0 atom stereocenters. The molecular weight excluding hydrogens is 294 g/mol. The van der Waals surface area contributed by atoms with Gasteiger partial charge in [-0.2, -0.15) is 0 Å². The topological polar surface area (TPSA) is 56.8 Å². The van der Waals surface area contributed by atoms with Crippen molar-refractivity contribution in [2.45, 2.75) is 39.0 Å². The van der Waals surface area contributed by atoms with Crippen molar-refractivity contribution in [3.05, 3.63) is 23.8 Å².